The number of hydrogen-bond acceptors (Lipinski definition) is 6. The molecule has 0 aliphatic carbocycles. The lowest BCUT2D eigenvalue weighted by Crippen LogP contribution is -2.55. The number of carbonyl (C=O) groups is 3. The van der Waals surface area contributed by atoms with Crippen molar-refractivity contribution in [1.82, 2.24) is 14.7 Å². The number of hydrogen-bond donors (Lipinski definition) is 1. The van der Waals surface area contributed by atoms with Gasteiger partial charge < -0.3 is 20.3 Å². The van der Waals surface area contributed by atoms with Crippen LogP contribution >= 0.6 is 0 Å². The van der Waals surface area contributed by atoms with Gasteiger partial charge in [0.1, 0.15) is 0 Å². The van der Waals surface area contributed by atoms with E-state index in [-0.39, 0.29) is 18.4 Å². The first-order valence-electron chi connectivity index (χ1n) is 8.74. The first-order chi connectivity index (χ1) is 11.6. The van der Waals surface area contributed by atoms with Crippen molar-refractivity contribution in [2.75, 3.05) is 59.0 Å². The van der Waals surface area contributed by atoms with Gasteiger partial charge in [-0.15, -0.1) is 0 Å². The number of rotatable bonds is 4. The molecule has 0 spiro atoms. The highest BCUT2D eigenvalue weighted by atomic mass is 16.5. The molecular formula is C16H28N4O4. The Balaban J connectivity index is 1.86. The van der Waals surface area contributed by atoms with Crippen LogP contribution in [0, 0.1) is 5.92 Å². The third kappa shape index (κ3) is 4.67. The Bertz CT molecular complexity index is 463. The summed E-state index contributed by atoms with van der Waals surface area (Å²) in [6, 6.07) is 0. The van der Waals surface area contributed by atoms with Crippen LogP contribution in [0.5, 0.6) is 0 Å². The molecule has 2 fully saturated rings. The van der Waals surface area contributed by atoms with Crippen LogP contribution in [0.3, 0.4) is 0 Å². The molecule has 2 saturated heterocycles. The van der Waals surface area contributed by atoms with Crippen LogP contribution < -0.4 is 5.73 Å². The van der Waals surface area contributed by atoms with Crippen LogP contribution in [-0.2, 0) is 19.1 Å². The predicted molar refractivity (Wildman–Crippen MR) is 88.0 cm³/mol. The molecule has 2 aliphatic rings. The van der Waals surface area contributed by atoms with Crippen molar-refractivity contribution >= 4 is 17.8 Å². The van der Waals surface area contributed by atoms with Crippen molar-refractivity contribution in [1.29, 1.82) is 0 Å². The summed E-state index contributed by atoms with van der Waals surface area (Å²) in [6.45, 7) is 6.85. The third-order valence-corrected chi connectivity index (χ3v) is 4.62. The Kier molecular flexibility index (Phi) is 6.99. The second-order valence-corrected chi connectivity index (χ2v) is 6.26. The first kappa shape index (κ1) is 18.7. The molecule has 0 saturated carbocycles. The van der Waals surface area contributed by atoms with Crippen LogP contribution in [-0.4, -0.2) is 91.4 Å². The maximum absolute atomic E-state index is 12.5. The second kappa shape index (κ2) is 8.98. The maximum atomic E-state index is 12.5. The molecule has 0 radical (unpaired) electrons. The lowest BCUT2D eigenvalue weighted by atomic mass is 9.98. The van der Waals surface area contributed by atoms with Gasteiger partial charge in [-0.05, 0) is 19.8 Å². The molecule has 136 valence electrons. The molecule has 2 rings (SSSR count). The second-order valence-electron chi connectivity index (χ2n) is 6.26. The molecule has 2 heterocycles. The van der Waals surface area contributed by atoms with E-state index < -0.39 is 11.8 Å². The summed E-state index contributed by atoms with van der Waals surface area (Å²) in [5.74, 6) is -1.57. The highest BCUT2D eigenvalue weighted by Gasteiger charge is 2.34. The van der Waals surface area contributed by atoms with Crippen molar-refractivity contribution < 1.29 is 19.1 Å². The van der Waals surface area contributed by atoms with E-state index in [2.05, 4.69) is 4.90 Å². The number of piperidine rings is 1. The Morgan fingerprint density at radius 1 is 1.04 bits per heavy atom. The van der Waals surface area contributed by atoms with Gasteiger partial charge in [0.2, 0.25) is 0 Å². The van der Waals surface area contributed by atoms with E-state index in [1.54, 1.807) is 11.8 Å². The van der Waals surface area contributed by atoms with E-state index in [9.17, 15) is 14.4 Å². The number of ether oxygens (including phenoxy) is 1. The Hall–Kier alpha value is -1.67. The molecule has 8 heteroatoms. The Labute approximate surface area is 142 Å². The van der Waals surface area contributed by atoms with E-state index in [1.165, 1.54) is 4.90 Å². The fourth-order valence-corrected chi connectivity index (χ4v) is 3.24. The molecule has 0 bridgehead atoms. The van der Waals surface area contributed by atoms with Crippen molar-refractivity contribution in [3.8, 4) is 0 Å². The predicted octanol–water partition coefficient (Wildman–Crippen LogP) is -1.11. The summed E-state index contributed by atoms with van der Waals surface area (Å²) in [5, 5.41) is 0. The van der Waals surface area contributed by atoms with Crippen molar-refractivity contribution in [3.05, 3.63) is 0 Å². The zero-order valence-corrected chi connectivity index (χ0v) is 14.4. The van der Waals surface area contributed by atoms with Crippen LogP contribution in [0.4, 0.5) is 0 Å². The van der Waals surface area contributed by atoms with Gasteiger partial charge in [-0.3, -0.25) is 19.3 Å². The molecule has 1 atom stereocenters. The molecular weight excluding hydrogens is 312 g/mol. The zero-order chi connectivity index (χ0) is 17.5. The maximum Gasteiger partial charge on any atom is 0.312 e. The SMILES string of the molecule is CCOC(=O)C1CCCN(C(=O)C(=O)N2CCN(CCN)CC2)C1. The monoisotopic (exact) mass is 340 g/mol. The summed E-state index contributed by atoms with van der Waals surface area (Å²) in [5.41, 5.74) is 5.54. The highest BCUT2D eigenvalue weighted by molar-refractivity contribution is 6.35. The minimum atomic E-state index is -0.503. The molecule has 0 aromatic heterocycles. The summed E-state index contributed by atoms with van der Waals surface area (Å²) in [7, 11) is 0. The van der Waals surface area contributed by atoms with E-state index in [1.807, 2.05) is 0 Å². The molecule has 24 heavy (non-hydrogen) atoms. The van der Waals surface area contributed by atoms with Gasteiger partial charge in [0.25, 0.3) is 0 Å². The number of likely N-dealkylation sites (tertiary alicyclic amines) is 1. The number of carbonyl (C=O) groups excluding carboxylic acids is 3. The Morgan fingerprint density at radius 2 is 1.71 bits per heavy atom. The van der Waals surface area contributed by atoms with Crippen LogP contribution in [0.25, 0.3) is 0 Å². The standard InChI is InChI=1S/C16H28N4O4/c1-2-24-16(23)13-4-3-6-20(12-13)15(22)14(21)19-10-8-18(7-5-17)9-11-19/h13H,2-12,17H2,1H3. The molecule has 2 N–H and O–H groups in total. The summed E-state index contributed by atoms with van der Waals surface area (Å²) in [4.78, 5) is 42.1. The Morgan fingerprint density at radius 3 is 2.33 bits per heavy atom. The summed E-state index contributed by atoms with van der Waals surface area (Å²) < 4.78 is 5.03. The fraction of sp³-hybridized carbons (Fsp3) is 0.812. The van der Waals surface area contributed by atoms with Gasteiger partial charge in [0, 0.05) is 52.4 Å². The molecule has 2 aliphatic heterocycles. The third-order valence-electron chi connectivity index (χ3n) is 4.62. The van der Waals surface area contributed by atoms with Gasteiger partial charge in [-0.25, -0.2) is 0 Å². The smallest absolute Gasteiger partial charge is 0.312 e. The topological polar surface area (TPSA) is 96.2 Å². The van der Waals surface area contributed by atoms with Crippen LogP contribution in [0.2, 0.25) is 0 Å². The van der Waals surface area contributed by atoms with Gasteiger partial charge in [0.15, 0.2) is 0 Å². The van der Waals surface area contributed by atoms with Gasteiger partial charge >= 0.3 is 17.8 Å². The average Bonchev–Trinajstić information content (AvgIpc) is 2.62. The lowest BCUT2D eigenvalue weighted by molar-refractivity contribution is -0.157. The van der Waals surface area contributed by atoms with Crippen molar-refractivity contribution in [3.63, 3.8) is 0 Å². The van der Waals surface area contributed by atoms with Gasteiger partial charge in [-0.1, -0.05) is 0 Å². The average molecular weight is 340 g/mol. The van der Waals surface area contributed by atoms with Crippen LogP contribution in [0.1, 0.15) is 19.8 Å². The van der Waals surface area contributed by atoms with Crippen LogP contribution in [0.15, 0.2) is 0 Å². The van der Waals surface area contributed by atoms with E-state index in [4.69, 9.17) is 10.5 Å². The fourth-order valence-electron chi connectivity index (χ4n) is 3.24. The number of nitrogens with two attached hydrogens (primary N) is 1. The lowest BCUT2D eigenvalue weighted by Gasteiger charge is -2.36. The number of piperazine rings is 1. The normalized spacial score (nSPS) is 22.3. The number of esters is 1. The van der Waals surface area contributed by atoms with E-state index in [0.717, 1.165) is 19.6 Å². The van der Waals surface area contributed by atoms with Crippen molar-refractivity contribution in [2.24, 2.45) is 11.7 Å². The number of amides is 2. The van der Waals surface area contributed by atoms with E-state index in [0.29, 0.717) is 45.6 Å². The summed E-state index contributed by atoms with van der Waals surface area (Å²) in [6.07, 6.45) is 1.42. The molecule has 8 nitrogen and oxygen atoms in total. The van der Waals surface area contributed by atoms with E-state index >= 15 is 0 Å². The highest BCUT2D eigenvalue weighted by Crippen LogP contribution is 2.18. The minimum absolute atomic E-state index is 0.274. The van der Waals surface area contributed by atoms with Crippen molar-refractivity contribution in [2.45, 2.75) is 19.8 Å². The van der Waals surface area contributed by atoms with Gasteiger partial charge in [-0.2, -0.15) is 0 Å². The summed E-state index contributed by atoms with van der Waals surface area (Å²) >= 11 is 0. The molecule has 0 aromatic rings. The number of nitrogens with zero attached hydrogens (tertiary/aromatic N) is 3. The minimum Gasteiger partial charge on any atom is -0.466 e. The molecule has 2 amide bonds. The first-order valence-corrected chi connectivity index (χ1v) is 8.74. The largest absolute Gasteiger partial charge is 0.466 e. The quantitative estimate of drug-likeness (QED) is 0.515. The molecule has 0 aromatic carbocycles. The molecule has 1 unspecified atom stereocenters. The zero-order valence-electron chi connectivity index (χ0n) is 14.4. The van der Waals surface area contributed by atoms with Gasteiger partial charge in [0.05, 0.1) is 12.5 Å².